The Morgan fingerprint density at radius 3 is 2.39 bits per heavy atom. The van der Waals surface area contributed by atoms with Gasteiger partial charge in [0.05, 0.1) is 17.2 Å². The monoisotopic (exact) mass is 516 g/mol. The molecule has 0 aliphatic rings. The largest absolute Gasteiger partial charge is 0.416 e. The maximum absolute atomic E-state index is 13.3. The fraction of sp³-hybridized carbons (Fsp3) is 0.143. The Morgan fingerprint density at radius 2 is 1.74 bits per heavy atom. The van der Waals surface area contributed by atoms with Crippen LogP contribution in [0.4, 0.5) is 36.3 Å². The van der Waals surface area contributed by atoms with E-state index in [4.69, 9.17) is 5.26 Å². The quantitative estimate of drug-likeness (QED) is 0.316. The van der Waals surface area contributed by atoms with Gasteiger partial charge in [-0.25, -0.2) is 4.98 Å². The molecule has 0 unspecified atom stereocenters. The van der Waals surface area contributed by atoms with Crippen LogP contribution >= 0.6 is 0 Å². The highest BCUT2D eigenvalue weighted by Gasteiger charge is 2.31. The van der Waals surface area contributed by atoms with Crippen LogP contribution < -0.4 is 15.5 Å². The van der Waals surface area contributed by atoms with Crippen molar-refractivity contribution in [1.82, 2.24) is 15.3 Å². The number of amides is 1. The highest BCUT2D eigenvalue weighted by atomic mass is 19.4. The molecule has 7 nitrogen and oxygen atoms in total. The summed E-state index contributed by atoms with van der Waals surface area (Å²) in [5.41, 5.74) is 2.67. The first-order chi connectivity index (χ1) is 18.1. The van der Waals surface area contributed by atoms with Crippen LogP contribution in [0.2, 0.25) is 0 Å². The number of carbonyl (C=O) groups is 1. The molecule has 1 aromatic heterocycles. The SMILES string of the molecule is CNC(=O)c1cc(Nc2nccc(N(C)c3ccc(-c4cc(C#N)cc(C(F)(F)F)c4)cc3)n2)ccc1C. The second kappa shape index (κ2) is 10.6. The Labute approximate surface area is 217 Å². The van der Waals surface area contributed by atoms with Crippen LogP contribution in [0, 0.1) is 18.3 Å². The predicted octanol–water partition coefficient (Wildman–Crippen LogP) is 6.21. The number of carbonyl (C=O) groups excluding carboxylic acids is 1. The number of hydrogen-bond donors (Lipinski definition) is 2. The van der Waals surface area contributed by atoms with Crippen molar-refractivity contribution in [2.75, 3.05) is 24.3 Å². The zero-order chi connectivity index (χ0) is 27.4. The predicted molar refractivity (Wildman–Crippen MR) is 140 cm³/mol. The summed E-state index contributed by atoms with van der Waals surface area (Å²) in [6.07, 6.45) is -2.96. The summed E-state index contributed by atoms with van der Waals surface area (Å²) < 4.78 is 39.8. The summed E-state index contributed by atoms with van der Waals surface area (Å²) in [6.45, 7) is 1.85. The molecule has 3 aromatic carbocycles. The van der Waals surface area contributed by atoms with Crippen LogP contribution in [-0.4, -0.2) is 30.0 Å². The van der Waals surface area contributed by atoms with Gasteiger partial charge in [-0.3, -0.25) is 4.79 Å². The number of alkyl halides is 3. The number of nitriles is 1. The summed E-state index contributed by atoms with van der Waals surface area (Å²) in [7, 11) is 3.37. The molecule has 1 amide bonds. The van der Waals surface area contributed by atoms with Crippen LogP contribution in [0.1, 0.15) is 27.0 Å². The fourth-order valence-corrected chi connectivity index (χ4v) is 3.84. The molecule has 0 bridgehead atoms. The van der Waals surface area contributed by atoms with E-state index >= 15 is 0 Å². The van der Waals surface area contributed by atoms with Crippen molar-refractivity contribution in [1.29, 1.82) is 5.26 Å². The van der Waals surface area contributed by atoms with Gasteiger partial charge in [0.2, 0.25) is 5.95 Å². The van der Waals surface area contributed by atoms with Crippen LogP contribution in [0.25, 0.3) is 11.1 Å². The number of aryl methyl sites for hydroxylation is 1. The van der Waals surface area contributed by atoms with Crippen LogP contribution in [0.5, 0.6) is 0 Å². The van der Waals surface area contributed by atoms with Crippen molar-refractivity contribution in [2.45, 2.75) is 13.1 Å². The molecule has 38 heavy (non-hydrogen) atoms. The zero-order valence-electron chi connectivity index (χ0n) is 20.8. The van der Waals surface area contributed by atoms with E-state index in [-0.39, 0.29) is 11.5 Å². The number of hydrogen-bond acceptors (Lipinski definition) is 6. The Kier molecular flexibility index (Phi) is 7.30. The highest BCUT2D eigenvalue weighted by molar-refractivity contribution is 5.96. The molecule has 4 aromatic rings. The molecule has 4 rings (SSSR count). The zero-order valence-corrected chi connectivity index (χ0v) is 20.8. The van der Waals surface area contributed by atoms with Crippen molar-refractivity contribution in [3.8, 4) is 17.2 Å². The molecule has 0 atom stereocenters. The number of aromatic nitrogens is 2. The molecule has 192 valence electrons. The second-order valence-electron chi connectivity index (χ2n) is 8.49. The maximum Gasteiger partial charge on any atom is 0.416 e. The number of nitrogens with one attached hydrogen (secondary N) is 2. The molecule has 0 radical (unpaired) electrons. The molecule has 0 spiro atoms. The first-order valence-corrected chi connectivity index (χ1v) is 11.5. The van der Waals surface area contributed by atoms with Gasteiger partial charge in [0.1, 0.15) is 5.82 Å². The molecule has 0 aliphatic carbocycles. The molecule has 0 fully saturated rings. The first-order valence-electron chi connectivity index (χ1n) is 11.5. The Hall–Kier alpha value is -4.91. The Morgan fingerprint density at radius 1 is 1.00 bits per heavy atom. The van der Waals surface area contributed by atoms with Gasteiger partial charge in [0, 0.05) is 37.2 Å². The summed E-state index contributed by atoms with van der Waals surface area (Å²) in [4.78, 5) is 22.7. The smallest absolute Gasteiger partial charge is 0.355 e. The van der Waals surface area contributed by atoms with Crippen LogP contribution in [0.3, 0.4) is 0 Å². The van der Waals surface area contributed by atoms with E-state index in [1.54, 1.807) is 67.7 Å². The average molecular weight is 517 g/mol. The summed E-state index contributed by atoms with van der Waals surface area (Å²) >= 11 is 0. The van der Waals surface area contributed by atoms with Gasteiger partial charge in [0.15, 0.2) is 0 Å². The average Bonchev–Trinajstić information content (AvgIpc) is 2.92. The third kappa shape index (κ3) is 5.73. The topological polar surface area (TPSA) is 93.9 Å². The van der Waals surface area contributed by atoms with Crippen molar-refractivity contribution in [2.24, 2.45) is 0 Å². The lowest BCUT2D eigenvalue weighted by molar-refractivity contribution is -0.137. The van der Waals surface area contributed by atoms with E-state index in [1.165, 1.54) is 6.07 Å². The minimum absolute atomic E-state index is 0.0620. The van der Waals surface area contributed by atoms with Gasteiger partial charge in [-0.2, -0.15) is 23.4 Å². The molecule has 2 N–H and O–H groups in total. The molecule has 10 heteroatoms. The molecule has 1 heterocycles. The van der Waals surface area contributed by atoms with E-state index < -0.39 is 11.7 Å². The second-order valence-corrected chi connectivity index (χ2v) is 8.49. The number of halogens is 3. The summed E-state index contributed by atoms with van der Waals surface area (Å²) in [6, 6.07) is 19.1. The van der Waals surface area contributed by atoms with Crippen LogP contribution in [-0.2, 0) is 6.18 Å². The summed E-state index contributed by atoms with van der Waals surface area (Å²) in [5, 5.41) is 14.9. The van der Waals surface area contributed by atoms with Gasteiger partial charge >= 0.3 is 6.18 Å². The lowest BCUT2D eigenvalue weighted by Crippen LogP contribution is -2.19. The number of nitrogens with zero attached hydrogens (tertiary/aromatic N) is 4. The minimum Gasteiger partial charge on any atom is -0.355 e. The lowest BCUT2D eigenvalue weighted by atomic mass is 9.99. The van der Waals surface area contributed by atoms with Crippen LogP contribution in [0.15, 0.2) is 72.9 Å². The highest BCUT2D eigenvalue weighted by Crippen LogP contribution is 2.34. The van der Waals surface area contributed by atoms with E-state index in [0.29, 0.717) is 34.1 Å². The van der Waals surface area contributed by atoms with Gasteiger partial charge in [-0.1, -0.05) is 18.2 Å². The van der Waals surface area contributed by atoms with Crippen molar-refractivity contribution >= 4 is 29.0 Å². The van der Waals surface area contributed by atoms with Crippen molar-refractivity contribution in [3.05, 3.63) is 95.2 Å². The third-order valence-electron chi connectivity index (χ3n) is 5.93. The Bertz CT molecular complexity index is 1530. The summed E-state index contributed by atoms with van der Waals surface area (Å²) in [5.74, 6) is 0.698. The van der Waals surface area contributed by atoms with E-state index in [2.05, 4.69) is 20.6 Å². The normalized spacial score (nSPS) is 11.0. The molecule has 0 saturated carbocycles. The number of anilines is 4. The standard InChI is InChI=1S/C28H23F3N6O/c1-17-4-7-22(15-24(17)26(38)33-2)35-27-34-11-10-25(36-27)37(3)23-8-5-19(6-9-23)20-12-18(16-32)13-21(14-20)28(29,30)31/h4-15H,1-3H3,(H,33,38)(H,34,35,36). The minimum atomic E-state index is -4.55. The van der Waals surface area contributed by atoms with E-state index in [1.807, 2.05) is 19.1 Å². The fourth-order valence-electron chi connectivity index (χ4n) is 3.84. The van der Waals surface area contributed by atoms with E-state index in [0.717, 1.165) is 23.4 Å². The molecular weight excluding hydrogens is 493 g/mol. The Balaban J connectivity index is 1.56. The van der Waals surface area contributed by atoms with Crippen molar-refractivity contribution < 1.29 is 18.0 Å². The number of benzene rings is 3. The van der Waals surface area contributed by atoms with Crippen molar-refractivity contribution in [3.63, 3.8) is 0 Å². The first kappa shape index (κ1) is 26.2. The third-order valence-corrected chi connectivity index (χ3v) is 5.93. The van der Waals surface area contributed by atoms with Gasteiger partial charge in [-0.05, 0) is 72.1 Å². The molecule has 0 aliphatic heterocycles. The van der Waals surface area contributed by atoms with Gasteiger partial charge in [-0.15, -0.1) is 0 Å². The molecule has 0 saturated heterocycles. The molecular formula is C28H23F3N6O. The maximum atomic E-state index is 13.3. The van der Waals surface area contributed by atoms with Gasteiger partial charge in [0.25, 0.3) is 5.91 Å². The lowest BCUT2D eigenvalue weighted by Gasteiger charge is -2.19. The van der Waals surface area contributed by atoms with Gasteiger partial charge < -0.3 is 15.5 Å². The number of rotatable bonds is 6. The van der Waals surface area contributed by atoms with E-state index in [9.17, 15) is 18.0 Å².